The minimum Gasteiger partial charge on any atom is -0.373 e. The highest BCUT2D eigenvalue weighted by atomic mass is 19.2. The maximum absolute atomic E-state index is 13.2. The SMILES string of the molecule is CNc1cc(N(C)c2ccc(F)c(F)c2)ncn1. The third-order valence-electron chi connectivity index (χ3n) is 2.54. The predicted octanol–water partition coefficient (Wildman–Crippen LogP) is 2.56. The van der Waals surface area contributed by atoms with Crippen LogP contribution < -0.4 is 10.2 Å². The Hall–Kier alpha value is -2.24. The quantitative estimate of drug-likeness (QED) is 0.909. The molecule has 0 aliphatic rings. The molecular formula is C12H12F2N4. The molecular weight excluding hydrogens is 238 g/mol. The van der Waals surface area contributed by atoms with Gasteiger partial charge >= 0.3 is 0 Å². The van der Waals surface area contributed by atoms with Crippen LogP contribution in [-0.2, 0) is 0 Å². The molecule has 18 heavy (non-hydrogen) atoms. The van der Waals surface area contributed by atoms with Gasteiger partial charge in [-0.1, -0.05) is 0 Å². The molecule has 0 unspecified atom stereocenters. The van der Waals surface area contributed by atoms with Crippen molar-refractivity contribution in [2.75, 3.05) is 24.3 Å². The molecule has 0 aliphatic heterocycles. The van der Waals surface area contributed by atoms with Crippen LogP contribution in [-0.4, -0.2) is 24.1 Å². The number of aromatic nitrogens is 2. The molecule has 0 saturated heterocycles. The van der Waals surface area contributed by atoms with E-state index in [0.717, 1.165) is 12.1 Å². The Morgan fingerprint density at radius 2 is 1.89 bits per heavy atom. The highest BCUT2D eigenvalue weighted by Crippen LogP contribution is 2.24. The molecule has 0 atom stereocenters. The highest BCUT2D eigenvalue weighted by Gasteiger charge is 2.09. The van der Waals surface area contributed by atoms with E-state index in [2.05, 4.69) is 15.3 Å². The normalized spacial score (nSPS) is 10.2. The predicted molar refractivity (Wildman–Crippen MR) is 66.0 cm³/mol. The summed E-state index contributed by atoms with van der Waals surface area (Å²) in [6.45, 7) is 0. The fraction of sp³-hybridized carbons (Fsp3) is 0.167. The van der Waals surface area contributed by atoms with Gasteiger partial charge in [0.25, 0.3) is 0 Å². The first-order valence-corrected chi connectivity index (χ1v) is 5.30. The second-order valence-corrected chi connectivity index (χ2v) is 3.67. The molecule has 0 amide bonds. The molecule has 0 saturated carbocycles. The number of halogens is 2. The van der Waals surface area contributed by atoms with Gasteiger partial charge in [0.1, 0.15) is 18.0 Å². The van der Waals surface area contributed by atoms with Crippen molar-refractivity contribution >= 4 is 17.3 Å². The van der Waals surface area contributed by atoms with Crippen molar-refractivity contribution in [3.8, 4) is 0 Å². The van der Waals surface area contributed by atoms with Crippen LogP contribution in [0.3, 0.4) is 0 Å². The summed E-state index contributed by atoms with van der Waals surface area (Å²) in [4.78, 5) is 9.70. The Balaban J connectivity index is 2.34. The minimum atomic E-state index is -0.887. The van der Waals surface area contributed by atoms with Crippen LogP contribution in [0.1, 0.15) is 0 Å². The van der Waals surface area contributed by atoms with E-state index in [9.17, 15) is 8.78 Å². The van der Waals surface area contributed by atoms with Crippen LogP contribution >= 0.6 is 0 Å². The Morgan fingerprint density at radius 1 is 1.11 bits per heavy atom. The summed E-state index contributed by atoms with van der Waals surface area (Å²) in [6.07, 6.45) is 1.40. The maximum Gasteiger partial charge on any atom is 0.160 e. The molecule has 0 spiro atoms. The summed E-state index contributed by atoms with van der Waals surface area (Å²) in [5.41, 5.74) is 0.509. The number of hydrogen-bond acceptors (Lipinski definition) is 4. The van der Waals surface area contributed by atoms with Gasteiger partial charge < -0.3 is 10.2 Å². The number of benzene rings is 1. The van der Waals surface area contributed by atoms with Crippen LogP contribution in [0.2, 0.25) is 0 Å². The van der Waals surface area contributed by atoms with Crippen molar-refractivity contribution in [2.45, 2.75) is 0 Å². The Labute approximate surface area is 103 Å². The number of hydrogen-bond donors (Lipinski definition) is 1. The topological polar surface area (TPSA) is 41.0 Å². The Bertz CT molecular complexity index is 560. The van der Waals surface area contributed by atoms with E-state index in [1.165, 1.54) is 12.4 Å². The largest absolute Gasteiger partial charge is 0.373 e. The van der Waals surface area contributed by atoms with Gasteiger partial charge in [0.05, 0.1) is 0 Å². The lowest BCUT2D eigenvalue weighted by atomic mass is 10.2. The van der Waals surface area contributed by atoms with E-state index in [0.29, 0.717) is 17.3 Å². The van der Waals surface area contributed by atoms with E-state index in [1.807, 2.05) is 0 Å². The van der Waals surface area contributed by atoms with E-state index >= 15 is 0 Å². The van der Waals surface area contributed by atoms with Crippen LogP contribution in [0.15, 0.2) is 30.6 Å². The molecule has 94 valence electrons. The number of rotatable bonds is 3. The zero-order valence-corrected chi connectivity index (χ0v) is 9.98. The van der Waals surface area contributed by atoms with Gasteiger partial charge in [0.15, 0.2) is 11.6 Å². The van der Waals surface area contributed by atoms with E-state index in [1.54, 1.807) is 25.1 Å². The molecule has 0 bridgehead atoms. The molecule has 0 aliphatic carbocycles. The van der Waals surface area contributed by atoms with Gasteiger partial charge in [-0.05, 0) is 12.1 Å². The lowest BCUT2D eigenvalue weighted by Crippen LogP contribution is -2.12. The van der Waals surface area contributed by atoms with Crippen molar-refractivity contribution < 1.29 is 8.78 Å². The van der Waals surface area contributed by atoms with Crippen LogP contribution in [0.4, 0.5) is 26.1 Å². The maximum atomic E-state index is 13.2. The second kappa shape index (κ2) is 4.95. The van der Waals surface area contributed by atoms with Crippen LogP contribution in [0, 0.1) is 11.6 Å². The first-order valence-electron chi connectivity index (χ1n) is 5.30. The van der Waals surface area contributed by atoms with Gasteiger partial charge in [-0.25, -0.2) is 18.7 Å². The van der Waals surface area contributed by atoms with Gasteiger partial charge in [-0.15, -0.1) is 0 Å². The Morgan fingerprint density at radius 3 is 2.56 bits per heavy atom. The lowest BCUT2D eigenvalue weighted by Gasteiger charge is -2.18. The summed E-state index contributed by atoms with van der Waals surface area (Å²) in [7, 11) is 3.46. The standard InChI is InChI=1S/C12H12F2N4/c1-15-11-6-12(17-7-16-11)18(2)8-3-4-9(13)10(14)5-8/h3-7H,1-2H3,(H,15,16,17). The third-order valence-corrected chi connectivity index (χ3v) is 2.54. The van der Waals surface area contributed by atoms with Crippen molar-refractivity contribution in [1.82, 2.24) is 9.97 Å². The summed E-state index contributed by atoms with van der Waals surface area (Å²) in [5.74, 6) is -0.525. The average Bonchev–Trinajstić information content (AvgIpc) is 2.41. The summed E-state index contributed by atoms with van der Waals surface area (Å²) in [5, 5.41) is 2.88. The molecule has 6 heteroatoms. The zero-order valence-electron chi connectivity index (χ0n) is 9.98. The van der Waals surface area contributed by atoms with Gasteiger partial charge in [0.2, 0.25) is 0 Å². The van der Waals surface area contributed by atoms with Crippen molar-refractivity contribution in [1.29, 1.82) is 0 Å². The lowest BCUT2D eigenvalue weighted by molar-refractivity contribution is 0.509. The number of anilines is 3. The van der Waals surface area contributed by atoms with Crippen LogP contribution in [0.5, 0.6) is 0 Å². The molecule has 0 fully saturated rings. The molecule has 2 aromatic rings. The second-order valence-electron chi connectivity index (χ2n) is 3.67. The molecule has 1 N–H and O–H groups in total. The van der Waals surface area contributed by atoms with Gasteiger partial charge in [-0.2, -0.15) is 0 Å². The average molecular weight is 250 g/mol. The first kappa shape index (κ1) is 12.2. The summed E-state index contributed by atoms with van der Waals surface area (Å²) in [6, 6.07) is 5.40. The Kier molecular flexibility index (Phi) is 3.36. The molecule has 2 rings (SSSR count). The fourth-order valence-electron chi connectivity index (χ4n) is 1.49. The minimum absolute atomic E-state index is 0.509. The van der Waals surface area contributed by atoms with Crippen LogP contribution in [0.25, 0.3) is 0 Å². The third kappa shape index (κ3) is 2.37. The summed E-state index contributed by atoms with van der Waals surface area (Å²) < 4.78 is 26.0. The fourth-order valence-corrected chi connectivity index (χ4v) is 1.49. The van der Waals surface area contributed by atoms with E-state index < -0.39 is 11.6 Å². The molecule has 1 aromatic heterocycles. The van der Waals surface area contributed by atoms with Gasteiger partial charge in [0, 0.05) is 31.9 Å². The van der Waals surface area contributed by atoms with Crippen molar-refractivity contribution in [3.05, 3.63) is 42.2 Å². The van der Waals surface area contributed by atoms with E-state index in [-0.39, 0.29) is 0 Å². The van der Waals surface area contributed by atoms with E-state index in [4.69, 9.17) is 0 Å². The molecule has 0 radical (unpaired) electrons. The zero-order chi connectivity index (χ0) is 13.1. The molecule has 1 heterocycles. The van der Waals surface area contributed by atoms with Gasteiger partial charge in [-0.3, -0.25) is 0 Å². The number of nitrogens with one attached hydrogen (secondary N) is 1. The van der Waals surface area contributed by atoms with Crippen molar-refractivity contribution in [3.63, 3.8) is 0 Å². The first-order chi connectivity index (χ1) is 8.61. The van der Waals surface area contributed by atoms with Crippen molar-refractivity contribution in [2.24, 2.45) is 0 Å². The summed E-state index contributed by atoms with van der Waals surface area (Å²) >= 11 is 0. The number of nitrogens with zero attached hydrogens (tertiary/aromatic N) is 3. The molecule has 4 nitrogen and oxygen atoms in total. The molecule has 1 aromatic carbocycles. The highest BCUT2D eigenvalue weighted by molar-refractivity contribution is 5.61. The smallest absolute Gasteiger partial charge is 0.160 e. The monoisotopic (exact) mass is 250 g/mol.